The predicted octanol–water partition coefficient (Wildman–Crippen LogP) is 4.36. The molecule has 1 N–H and O–H groups in total. The van der Waals surface area contributed by atoms with Crippen molar-refractivity contribution in [2.45, 2.75) is 50.7 Å². The molecule has 208 valence electrons. The Bertz CT molecular complexity index is 1350. The van der Waals surface area contributed by atoms with Gasteiger partial charge in [0.05, 0.1) is 17.7 Å². The molecule has 10 heteroatoms. The number of ether oxygens (including phenoxy) is 1. The fourth-order valence-electron chi connectivity index (χ4n) is 3.83. The molecule has 0 radical (unpaired) electrons. The van der Waals surface area contributed by atoms with E-state index in [0.717, 1.165) is 4.31 Å². The molecule has 0 spiro atoms. The van der Waals surface area contributed by atoms with Gasteiger partial charge in [0.2, 0.25) is 11.8 Å². The molecule has 3 rings (SSSR count). The van der Waals surface area contributed by atoms with Crippen molar-refractivity contribution < 1.29 is 27.1 Å². The minimum atomic E-state index is -4.15. The lowest BCUT2D eigenvalue weighted by Gasteiger charge is -2.32. The maximum Gasteiger partial charge on any atom is 0.264 e. The number of methoxy groups -OCH3 is 1. The van der Waals surface area contributed by atoms with E-state index in [1.165, 1.54) is 48.4 Å². The second-order valence-electron chi connectivity index (χ2n) is 9.16. The Morgan fingerprint density at radius 1 is 0.949 bits per heavy atom. The summed E-state index contributed by atoms with van der Waals surface area (Å²) in [5.74, 6) is -0.877. The standard InChI is InChI=1S/C29H34FN3O5S/c1-5-21(2)31-29(35)22(3)32(19-23-11-13-24(30)14-12-23)28(34)20-33(25-15-17-26(38-4)18-16-25)39(36,37)27-9-7-6-8-10-27/h6-18,21-22H,5,19-20H2,1-4H3,(H,31,35)/t21-,22+/m1/s1. The summed E-state index contributed by atoms with van der Waals surface area (Å²) in [6, 6.07) is 18.7. The molecular weight excluding hydrogens is 521 g/mol. The van der Waals surface area contributed by atoms with Crippen LogP contribution in [0.4, 0.5) is 10.1 Å². The zero-order valence-corrected chi connectivity index (χ0v) is 23.3. The fraction of sp³-hybridized carbons (Fsp3) is 0.310. The van der Waals surface area contributed by atoms with E-state index in [0.29, 0.717) is 17.7 Å². The van der Waals surface area contributed by atoms with Gasteiger partial charge in [-0.2, -0.15) is 0 Å². The lowest BCUT2D eigenvalue weighted by molar-refractivity contribution is -0.139. The van der Waals surface area contributed by atoms with E-state index in [1.807, 2.05) is 13.8 Å². The van der Waals surface area contributed by atoms with Crippen LogP contribution in [0, 0.1) is 5.82 Å². The summed E-state index contributed by atoms with van der Waals surface area (Å²) >= 11 is 0. The number of halogens is 1. The zero-order chi connectivity index (χ0) is 28.6. The van der Waals surface area contributed by atoms with Crippen molar-refractivity contribution in [3.8, 4) is 5.75 Å². The van der Waals surface area contributed by atoms with Gasteiger partial charge in [0.15, 0.2) is 0 Å². The van der Waals surface area contributed by atoms with Gasteiger partial charge in [-0.05, 0) is 74.4 Å². The largest absolute Gasteiger partial charge is 0.497 e. The highest BCUT2D eigenvalue weighted by Gasteiger charge is 2.32. The molecule has 8 nitrogen and oxygen atoms in total. The molecule has 0 saturated carbocycles. The maximum atomic E-state index is 13.8. The van der Waals surface area contributed by atoms with Crippen LogP contribution in [0.3, 0.4) is 0 Å². The van der Waals surface area contributed by atoms with Crippen molar-refractivity contribution in [1.29, 1.82) is 0 Å². The third-order valence-electron chi connectivity index (χ3n) is 6.40. The molecule has 3 aromatic rings. The Hall–Kier alpha value is -3.92. The van der Waals surface area contributed by atoms with Gasteiger partial charge in [-0.3, -0.25) is 13.9 Å². The van der Waals surface area contributed by atoms with Gasteiger partial charge in [-0.1, -0.05) is 37.3 Å². The molecule has 0 aliphatic heterocycles. The van der Waals surface area contributed by atoms with Gasteiger partial charge in [-0.15, -0.1) is 0 Å². The molecular formula is C29H34FN3O5S. The van der Waals surface area contributed by atoms with Gasteiger partial charge in [0, 0.05) is 12.6 Å². The molecule has 0 aromatic heterocycles. The van der Waals surface area contributed by atoms with Gasteiger partial charge >= 0.3 is 0 Å². The molecule has 2 atom stereocenters. The normalized spacial score (nSPS) is 12.7. The number of hydrogen-bond donors (Lipinski definition) is 1. The lowest BCUT2D eigenvalue weighted by Crippen LogP contribution is -2.52. The summed E-state index contributed by atoms with van der Waals surface area (Å²) in [4.78, 5) is 28.2. The summed E-state index contributed by atoms with van der Waals surface area (Å²) in [5, 5.41) is 2.87. The maximum absolute atomic E-state index is 13.8. The van der Waals surface area contributed by atoms with Crippen LogP contribution in [0.25, 0.3) is 0 Å². The minimum Gasteiger partial charge on any atom is -0.497 e. The number of amides is 2. The summed E-state index contributed by atoms with van der Waals surface area (Å²) in [6.07, 6.45) is 0.699. The molecule has 0 aliphatic carbocycles. The molecule has 0 bridgehead atoms. The molecule has 0 heterocycles. The first kappa shape index (κ1) is 29.6. The highest BCUT2D eigenvalue weighted by atomic mass is 32.2. The molecule has 0 saturated heterocycles. The average Bonchev–Trinajstić information content (AvgIpc) is 2.95. The van der Waals surface area contributed by atoms with Crippen LogP contribution in [0.5, 0.6) is 5.75 Å². The predicted molar refractivity (Wildman–Crippen MR) is 148 cm³/mol. The SMILES string of the molecule is CC[C@@H](C)NC(=O)[C@H](C)N(Cc1ccc(F)cc1)C(=O)CN(c1ccc(OC)cc1)S(=O)(=O)c1ccccc1. The minimum absolute atomic E-state index is 0.0151. The first-order valence-corrected chi connectivity index (χ1v) is 14.1. The Morgan fingerprint density at radius 2 is 1.56 bits per heavy atom. The van der Waals surface area contributed by atoms with Crippen LogP contribution in [0.15, 0.2) is 83.8 Å². The monoisotopic (exact) mass is 555 g/mol. The number of sulfonamides is 1. The first-order valence-electron chi connectivity index (χ1n) is 12.6. The van der Waals surface area contributed by atoms with Crippen LogP contribution >= 0.6 is 0 Å². The quantitative estimate of drug-likeness (QED) is 0.358. The topological polar surface area (TPSA) is 96.0 Å². The van der Waals surface area contributed by atoms with Crippen LogP contribution in [-0.2, 0) is 26.2 Å². The van der Waals surface area contributed by atoms with Crippen molar-refractivity contribution in [1.82, 2.24) is 10.2 Å². The van der Waals surface area contributed by atoms with E-state index >= 15 is 0 Å². The smallest absolute Gasteiger partial charge is 0.264 e. The zero-order valence-electron chi connectivity index (χ0n) is 22.5. The van der Waals surface area contributed by atoms with E-state index in [-0.39, 0.29) is 29.1 Å². The third-order valence-corrected chi connectivity index (χ3v) is 8.19. The van der Waals surface area contributed by atoms with E-state index in [9.17, 15) is 22.4 Å². The number of rotatable bonds is 12. The van der Waals surface area contributed by atoms with Crippen molar-refractivity contribution in [3.05, 3.63) is 90.2 Å². The Kier molecular flexibility index (Phi) is 10.1. The molecule has 0 unspecified atom stereocenters. The van der Waals surface area contributed by atoms with Crippen LogP contribution in [0.2, 0.25) is 0 Å². The Labute approximate surface area is 229 Å². The second-order valence-corrected chi connectivity index (χ2v) is 11.0. The summed E-state index contributed by atoms with van der Waals surface area (Å²) in [6.45, 7) is 4.79. The van der Waals surface area contributed by atoms with Crippen molar-refractivity contribution in [2.75, 3.05) is 18.0 Å². The number of carbonyl (C=O) groups is 2. The lowest BCUT2D eigenvalue weighted by atomic mass is 10.1. The van der Waals surface area contributed by atoms with Crippen molar-refractivity contribution in [3.63, 3.8) is 0 Å². The Balaban J connectivity index is 2.01. The van der Waals surface area contributed by atoms with E-state index in [4.69, 9.17) is 4.74 Å². The first-order chi connectivity index (χ1) is 18.6. The Morgan fingerprint density at radius 3 is 2.13 bits per heavy atom. The highest BCUT2D eigenvalue weighted by molar-refractivity contribution is 7.92. The van der Waals surface area contributed by atoms with Crippen LogP contribution < -0.4 is 14.4 Å². The molecule has 0 fully saturated rings. The van der Waals surface area contributed by atoms with Gasteiger partial charge in [0.1, 0.15) is 24.2 Å². The van der Waals surface area contributed by atoms with E-state index in [1.54, 1.807) is 49.4 Å². The number of benzene rings is 3. The summed E-state index contributed by atoms with van der Waals surface area (Å²) < 4.78 is 47.2. The average molecular weight is 556 g/mol. The fourth-order valence-corrected chi connectivity index (χ4v) is 5.27. The number of hydrogen-bond acceptors (Lipinski definition) is 5. The number of anilines is 1. The molecule has 3 aromatic carbocycles. The number of carbonyl (C=O) groups excluding carboxylic acids is 2. The van der Waals surface area contributed by atoms with E-state index < -0.39 is 34.3 Å². The molecule has 0 aliphatic rings. The summed E-state index contributed by atoms with van der Waals surface area (Å²) in [5.41, 5.74) is 0.848. The van der Waals surface area contributed by atoms with E-state index in [2.05, 4.69) is 5.32 Å². The third kappa shape index (κ3) is 7.57. The second kappa shape index (κ2) is 13.2. The van der Waals surface area contributed by atoms with Crippen molar-refractivity contribution >= 4 is 27.5 Å². The number of nitrogens with zero attached hydrogens (tertiary/aromatic N) is 2. The molecule has 2 amide bonds. The summed E-state index contributed by atoms with van der Waals surface area (Å²) in [7, 11) is -2.66. The van der Waals surface area contributed by atoms with Gasteiger partial charge in [-0.25, -0.2) is 12.8 Å². The van der Waals surface area contributed by atoms with Gasteiger partial charge in [0.25, 0.3) is 10.0 Å². The van der Waals surface area contributed by atoms with Crippen molar-refractivity contribution in [2.24, 2.45) is 0 Å². The van der Waals surface area contributed by atoms with Gasteiger partial charge < -0.3 is 15.0 Å². The molecule has 39 heavy (non-hydrogen) atoms. The number of nitrogens with one attached hydrogen (secondary N) is 1. The van der Waals surface area contributed by atoms with Crippen LogP contribution in [-0.4, -0.2) is 50.9 Å². The van der Waals surface area contributed by atoms with Crippen LogP contribution in [0.1, 0.15) is 32.8 Å². The highest BCUT2D eigenvalue weighted by Crippen LogP contribution is 2.26.